The van der Waals surface area contributed by atoms with E-state index in [1.807, 2.05) is 34.7 Å². The Morgan fingerprint density at radius 1 is 0.868 bits per heavy atom. The highest BCUT2D eigenvalue weighted by atomic mass is 16.5. The fourth-order valence-corrected chi connectivity index (χ4v) is 6.44. The summed E-state index contributed by atoms with van der Waals surface area (Å²) in [4.78, 5) is 13.2. The van der Waals surface area contributed by atoms with Crippen LogP contribution in [0.15, 0.2) is 48.5 Å². The predicted octanol–water partition coefficient (Wildman–Crippen LogP) is 5.96. The molecule has 7 nitrogen and oxygen atoms in total. The van der Waals surface area contributed by atoms with E-state index < -0.39 is 0 Å². The largest absolute Gasteiger partial charge is 0.375 e. The number of hydrogen-bond acceptors (Lipinski definition) is 4. The number of ether oxygens (including phenoxy) is 2. The van der Waals surface area contributed by atoms with Gasteiger partial charge in [-0.2, -0.15) is 0 Å². The molecular weight excluding hydrogens is 476 g/mol. The number of amides is 1. The zero-order valence-corrected chi connectivity index (χ0v) is 23.4. The van der Waals surface area contributed by atoms with E-state index in [0.717, 1.165) is 54.7 Å². The van der Waals surface area contributed by atoms with Crippen LogP contribution < -0.4 is 10.6 Å². The van der Waals surface area contributed by atoms with Gasteiger partial charge < -0.3 is 29.2 Å². The molecule has 0 fully saturated rings. The molecule has 0 spiro atoms. The van der Waals surface area contributed by atoms with Crippen molar-refractivity contribution in [3.8, 4) is 0 Å². The van der Waals surface area contributed by atoms with Crippen LogP contribution in [0.25, 0.3) is 43.6 Å². The third-order valence-corrected chi connectivity index (χ3v) is 7.81. The standard InChI is InChI=1S/C27H26N4O3.2C2H6/c1-28-17-13-30-18-10-6-4-8-14(18)21-22-16(12-29-26(22)32)20-15-9-5-7-11-19(15)31(24(20)23(21)30)27(34-3)25(17)33-2;2*1-2/h4-11,17,25,27-28H,12-13H2,1-3H3,(H,29,32);2*1-2H3/t17-,25-,27+;;/m1../s1. The van der Waals surface area contributed by atoms with Crippen molar-refractivity contribution in [2.24, 2.45) is 0 Å². The van der Waals surface area contributed by atoms with Crippen molar-refractivity contribution in [2.75, 3.05) is 21.3 Å². The first-order chi connectivity index (χ1) is 18.7. The van der Waals surface area contributed by atoms with Crippen molar-refractivity contribution in [1.29, 1.82) is 0 Å². The number of nitrogens with one attached hydrogen (secondary N) is 2. The van der Waals surface area contributed by atoms with Crippen LogP contribution in [-0.4, -0.2) is 48.5 Å². The van der Waals surface area contributed by atoms with Gasteiger partial charge >= 0.3 is 0 Å². The highest BCUT2D eigenvalue weighted by molar-refractivity contribution is 6.30. The number of likely N-dealkylation sites (N-methyl/N-ethyl adjacent to an activating group) is 1. The first kappa shape index (κ1) is 26.2. The van der Waals surface area contributed by atoms with Gasteiger partial charge in [-0.1, -0.05) is 64.1 Å². The van der Waals surface area contributed by atoms with Gasteiger partial charge in [-0.25, -0.2) is 0 Å². The highest BCUT2D eigenvalue weighted by Crippen LogP contribution is 2.47. The zero-order valence-electron chi connectivity index (χ0n) is 23.4. The van der Waals surface area contributed by atoms with E-state index in [2.05, 4.69) is 68.3 Å². The second-order valence-electron chi connectivity index (χ2n) is 9.22. The molecule has 3 aromatic carbocycles. The van der Waals surface area contributed by atoms with Gasteiger partial charge in [0.15, 0.2) is 6.23 Å². The maximum atomic E-state index is 13.2. The van der Waals surface area contributed by atoms with Crippen molar-refractivity contribution in [3.63, 3.8) is 0 Å². The van der Waals surface area contributed by atoms with E-state index in [4.69, 9.17) is 9.47 Å². The van der Waals surface area contributed by atoms with Gasteiger partial charge in [-0.15, -0.1) is 0 Å². The van der Waals surface area contributed by atoms with Gasteiger partial charge in [-0.05, 0) is 24.7 Å². The summed E-state index contributed by atoms with van der Waals surface area (Å²) in [6.07, 6.45) is -0.575. The fraction of sp³-hybridized carbons (Fsp3) is 0.387. The minimum Gasteiger partial charge on any atom is -0.375 e. The van der Waals surface area contributed by atoms with Crippen molar-refractivity contribution >= 4 is 49.5 Å². The number of para-hydroxylation sites is 2. The third-order valence-electron chi connectivity index (χ3n) is 7.81. The average Bonchev–Trinajstić information content (AvgIpc) is 3.62. The number of carbonyl (C=O) groups is 1. The number of benzene rings is 3. The van der Waals surface area contributed by atoms with Gasteiger partial charge in [0.25, 0.3) is 5.91 Å². The lowest BCUT2D eigenvalue weighted by atomic mass is 9.96. The normalized spacial score (nSPS) is 20.1. The molecule has 4 heterocycles. The lowest BCUT2D eigenvalue weighted by Crippen LogP contribution is -2.48. The minimum atomic E-state index is -0.345. The summed E-state index contributed by atoms with van der Waals surface area (Å²) in [7, 11) is 5.46. The van der Waals surface area contributed by atoms with Crippen LogP contribution in [0.2, 0.25) is 0 Å². The smallest absolute Gasteiger partial charge is 0.252 e. The number of aromatic nitrogens is 2. The van der Waals surface area contributed by atoms with Crippen molar-refractivity contribution in [2.45, 2.75) is 59.2 Å². The van der Waals surface area contributed by atoms with Crippen LogP contribution in [0, 0.1) is 0 Å². The van der Waals surface area contributed by atoms with Gasteiger partial charge in [0.05, 0.1) is 28.2 Å². The second kappa shape index (κ2) is 10.4. The van der Waals surface area contributed by atoms with Crippen LogP contribution in [0.1, 0.15) is 49.8 Å². The molecule has 38 heavy (non-hydrogen) atoms. The molecule has 2 aliphatic rings. The number of rotatable bonds is 3. The lowest BCUT2D eigenvalue weighted by Gasteiger charge is -2.35. The number of fused-ring (bicyclic) bond motifs is 9. The van der Waals surface area contributed by atoms with E-state index in [0.29, 0.717) is 13.1 Å². The first-order valence-corrected chi connectivity index (χ1v) is 13.7. The van der Waals surface area contributed by atoms with Crippen LogP contribution >= 0.6 is 0 Å². The molecule has 0 aliphatic carbocycles. The molecule has 200 valence electrons. The fourth-order valence-electron chi connectivity index (χ4n) is 6.44. The van der Waals surface area contributed by atoms with Crippen molar-refractivity contribution in [3.05, 3.63) is 59.7 Å². The number of hydrogen-bond donors (Lipinski definition) is 2. The molecule has 7 heteroatoms. The summed E-state index contributed by atoms with van der Waals surface area (Å²) in [5.74, 6) is 0.00178. The van der Waals surface area contributed by atoms with Crippen LogP contribution in [0.5, 0.6) is 0 Å². The molecule has 0 unspecified atom stereocenters. The third kappa shape index (κ3) is 3.42. The van der Waals surface area contributed by atoms with Gasteiger partial charge in [-0.3, -0.25) is 4.79 Å². The van der Waals surface area contributed by atoms with Crippen LogP contribution in [-0.2, 0) is 22.6 Å². The lowest BCUT2D eigenvalue weighted by molar-refractivity contribution is -0.0894. The summed E-state index contributed by atoms with van der Waals surface area (Å²) in [5.41, 5.74) is 6.26. The Morgan fingerprint density at radius 2 is 1.50 bits per heavy atom. The van der Waals surface area contributed by atoms with Gasteiger partial charge in [0.2, 0.25) is 0 Å². The number of carbonyl (C=O) groups excluding carboxylic acids is 1. The van der Waals surface area contributed by atoms with E-state index in [1.54, 1.807) is 14.2 Å². The molecule has 7 rings (SSSR count). The summed E-state index contributed by atoms with van der Waals surface area (Å²) in [6.45, 7) is 9.22. The molecule has 0 saturated carbocycles. The maximum Gasteiger partial charge on any atom is 0.252 e. The Labute approximate surface area is 223 Å². The van der Waals surface area contributed by atoms with E-state index in [1.165, 1.54) is 0 Å². The van der Waals surface area contributed by atoms with Gasteiger partial charge in [0.1, 0.15) is 6.10 Å². The summed E-state index contributed by atoms with van der Waals surface area (Å²) < 4.78 is 17.0. The van der Waals surface area contributed by atoms with Crippen molar-refractivity contribution in [1.82, 2.24) is 19.8 Å². The van der Waals surface area contributed by atoms with E-state index in [-0.39, 0.29) is 24.3 Å². The summed E-state index contributed by atoms with van der Waals surface area (Å²) >= 11 is 0. The molecule has 2 aliphatic heterocycles. The first-order valence-electron chi connectivity index (χ1n) is 13.7. The minimum absolute atomic E-state index is 0.00178. The van der Waals surface area contributed by atoms with Crippen molar-refractivity contribution < 1.29 is 14.3 Å². The quantitative estimate of drug-likeness (QED) is 0.312. The topological polar surface area (TPSA) is 69.5 Å². The predicted molar refractivity (Wildman–Crippen MR) is 156 cm³/mol. The Kier molecular flexibility index (Phi) is 7.18. The monoisotopic (exact) mass is 514 g/mol. The van der Waals surface area contributed by atoms with Crippen LogP contribution in [0.4, 0.5) is 0 Å². The molecule has 0 bridgehead atoms. The Hall–Kier alpha value is -3.39. The number of nitrogens with zero attached hydrogens (tertiary/aromatic N) is 2. The molecule has 5 aromatic rings. The Bertz CT molecular complexity index is 1650. The van der Waals surface area contributed by atoms with Crippen LogP contribution in [0.3, 0.4) is 0 Å². The molecule has 2 N–H and O–H groups in total. The number of methoxy groups -OCH3 is 2. The molecule has 0 radical (unpaired) electrons. The molecule has 0 saturated heterocycles. The van der Waals surface area contributed by atoms with E-state index in [9.17, 15) is 4.79 Å². The van der Waals surface area contributed by atoms with E-state index >= 15 is 0 Å². The average molecular weight is 515 g/mol. The zero-order chi connectivity index (χ0) is 27.1. The highest BCUT2D eigenvalue weighted by Gasteiger charge is 2.39. The van der Waals surface area contributed by atoms with Gasteiger partial charge in [0, 0.05) is 54.4 Å². The summed E-state index contributed by atoms with van der Waals surface area (Å²) in [5, 5.41) is 11.0. The Morgan fingerprint density at radius 3 is 2.13 bits per heavy atom. The molecule has 1 amide bonds. The Balaban J connectivity index is 0.000000704. The SMILES string of the molecule is CC.CC.CN[C@@H]1Cn2c3ccccc3c3c4c(c5c6ccccc6n(c5c32)[C@@H](OC)[C@@H]1OC)CNC4=O. The second-order valence-corrected chi connectivity index (χ2v) is 9.22. The molecular formula is C31H38N4O3. The maximum absolute atomic E-state index is 13.2. The summed E-state index contributed by atoms with van der Waals surface area (Å²) in [6, 6.07) is 16.8. The molecule has 3 atom stereocenters. The molecule has 2 aromatic heterocycles.